The van der Waals surface area contributed by atoms with Gasteiger partial charge in [-0.3, -0.25) is 4.99 Å². The summed E-state index contributed by atoms with van der Waals surface area (Å²) in [7, 11) is 0. The molecule has 0 spiro atoms. The lowest BCUT2D eigenvalue weighted by molar-refractivity contribution is 0.00530. The molecule has 20 heavy (non-hydrogen) atoms. The summed E-state index contributed by atoms with van der Waals surface area (Å²) in [5.41, 5.74) is 6.02. The predicted octanol–water partition coefficient (Wildman–Crippen LogP) is 1.24. The fourth-order valence-corrected chi connectivity index (χ4v) is 2.83. The Morgan fingerprint density at radius 3 is 3.00 bits per heavy atom. The largest absolute Gasteiger partial charge is 0.375 e. The summed E-state index contributed by atoms with van der Waals surface area (Å²) in [5, 5.41) is 10.5. The lowest BCUT2D eigenvalue weighted by Gasteiger charge is -2.31. The first-order valence-electron chi connectivity index (χ1n) is 7.05. The van der Waals surface area contributed by atoms with Crippen molar-refractivity contribution in [2.45, 2.75) is 39.2 Å². The summed E-state index contributed by atoms with van der Waals surface area (Å²) in [5.74, 6) is 1.04. The van der Waals surface area contributed by atoms with Gasteiger partial charge in [0.15, 0.2) is 5.96 Å². The Bertz CT molecular complexity index is 459. The molecule has 1 fully saturated rings. The second kappa shape index (κ2) is 6.99. The third-order valence-electron chi connectivity index (χ3n) is 3.14. The number of aromatic nitrogens is 2. The van der Waals surface area contributed by atoms with Crippen LogP contribution in [0.2, 0.25) is 0 Å². The highest BCUT2D eigenvalue weighted by Crippen LogP contribution is 2.19. The van der Waals surface area contributed by atoms with Crippen molar-refractivity contribution >= 4 is 17.3 Å². The zero-order valence-corrected chi connectivity index (χ0v) is 13.2. The molecule has 1 saturated heterocycles. The monoisotopic (exact) mass is 297 g/mol. The molecular formula is C13H23N5OS. The van der Waals surface area contributed by atoms with Crippen molar-refractivity contribution in [3.8, 4) is 0 Å². The summed E-state index contributed by atoms with van der Waals surface area (Å²) in [6.07, 6.45) is 1.01. The van der Waals surface area contributed by atoms with E-state index < -0.39 is 0 Å². The molecule has 1 aliphatic heterocycles. The minimum absolute atomic E-state index is 0.217. The lowest BCUT2D eigenvalue weighted by Crippen LogP contribution is -2.47. The van der Waals surface area contributed by atoms with Crippen LogP contribution in [0.25, 0.3) is 0 Å². The molecule has 1 unspecified atom stereocenters. The molecule has 2 N–H and O–H groups in total. The highest BCUT2D eigenvalue weighted by Gasteiger charge is 2.17. The number of nitrogens with two attached hydrogens (primary N) is 1. The zero-order valence-electron chi connectivity index (χ0n) is 12.4. The molecule has 1 aliphatic rings. The van der Waals surface area contributed by atoms with E-state index in [4.69, 9.17) is 10.5 Å². The smallest absolute Gasteiger partial charge is 0.191 e. The maximum Gasteiger partial charge on any atom is 0.191 e. The van der Waals surface area contributed by atoms with Crippen LogP contribution in [0.4, 0.5) is 0 Å². The number of guanidine groups is 1. The van der Waals surface area contributed by atoms with E-state index in [1.165, 1.54) is 0 Å². The maximum absolute atomic E-state index is 6.02. The third-order valence-corrected chi connectivity index (χ3v) is 4.42. The van der Waals surface area contributed by atoms with Crippen molar-refractivity contribution in [2.75, 3.05) is 26.2 Å². The third kappa shape index (κ3) is 4.14. The number of morpholine rings is 1. The fraction of sp³-hybridized carbons (Fsp3) is 0.769. The van der Waals surface area contributed by atoms with Crippen LogP contribution in [0.15, 0.2) is 4.99 Å². The van der Waals surface area contributed by atoms with Crippen LogP contribution in [0.5, 0.6) is 0 Å². The second-order valence-electron chi connectivity index (χ2n) is 5.31. The number of aliphatic imine (C=N–C) groups is 1. The Morgan fingerprint density at radius 1 is 1.55 bits per heavy atom. The number of rotatable bonds is 4. The molecule has 0 amide bonds. The highest BCUT2D eigenvalue weighted by atomic mass is 32.1. The van der Waals surface area contributed by atoms with Crippen molar-refractivity contribution in [3.05, 3.63) is 10.0 Å². The lowest BCUT2D eigenvalue weighted by atomic mass is 10.2. The molecule has 0 radical (unpaired) electrons. The first kappa shape index (κ1) is 15.2. The molecule has 1 atom stereocenters. The molecule has 112 valence electrons. The van der Waals surface area contributed by atoms with Gasteiger partial charge in [-0.1, -0.05) is 13.8 Å². The maximum atomic E-state index is 6.02. The SMILES string of the molecule is CC1CN(C(N)=NCCc2nnc(C(C)C)s2)CCO1. The molecular weight excluding hydrogens is 274 g/mol. The molecule has 2 rings (SSSR count). The number of hydrogen-bond donors (Lipinski definition) is 1. The molecule has 0 saturated carbocycles. The fourth-order valence-electron chi connectivity index (χ4n) is 1.99. The first-order chi connectivity index (χ1) is 9.56. The van der Waals surface area contributed by atoms with E-state index in [0.29, 0.717) is 25.0 Å². The van der Waals surface area contributed by atoms with Crippen LogP contribution in [0.3, 0.4) is 0 Å². The van der Waals surface area contributed by atoms with Gasteiger partial charge in [0.25, 0.3) is 0 Å². The molecule has 0 bridgehead atoms. The highest BCUT2D eigenvalue weighted by molar-refractivity contribution is 7.11. The van der Waals surface area contributed by atoms with Crippen molar-refractivity contribution in [1.29, 1.82) is 0 Å². The van der Waals surface area contributed by atoms with Crippen LogP contribution >= 0.6 is 11.3 Å². The van der Waals surface area contributed by atoms with E-state index in [1.807, 2.05) is 6.92 Å². The van der Waals surface area contributed by atoms with Gasteiger partial charge in [-0.25, -0.2) is 0 Å². The topological polar surface area (TPSA) is 76.6 Å². The van der Waals surface area contributed by atoms with Gasteiger partial charge in [0, 0.05) is 32.0 Å². The van der Waals surface area contributed by atoms with Gasteiger partial charge in [-0.05, 0) is 6.92 Å². The van der Waals surface area contributed by atoms with Gasteiger partial charge >= 0.3 is 0 Å². The zero-order chi connectivity index (χ0) is 14.5. The van der Waals surface area contributed by atoms with Crippen LogP contribution in [-0.4, -0.2) is 53.4 Å². The summed E-state index contributed by atoms with van der Waals surface area (Å²) >= 11 is 1.66. The molecule has 7 heteroatoms. The summed E-state index contributed by atoms with van der Waals surface area (Å²) < 4.78 is 5.49. The quantitative estimate of drug-likeness (QED) is 0.668. The summed E-state index contributed by atoms with van der Waals surface area (Å²) in [6.45, 7) is 9.30. The van der Waals surface area contributed by atoms with E-state index in [-0.39, 0.29) is 6.10 Å². The van der Waals surface area contributed by atoms with E-state index in [9.17, 15) is 0 Å². The van der Waals surface area contributed by atoms with Crippen molar-refractivity contribution < 1.29 is 4.74 Å². The van der Waals surface area contributed by atoms with Crippen LogP contribution in [-0.2, 0) is 11.2 Å². The molecule has 6 nitrogen and oxygen atoms in total. The summed E-state index contributed by atoms with van der Waals surface area (Å²) in [6, 6.07) is 0. The Labute approximate surface area is 124 Å². The average Bonchev–Trinajstić information content (AvgIpc) is 2.87. The van der Waals surface area contributed by atoms with Crippen molar-refractivity contribution in [1.82, 2.24) is 15.1 Å². The Balaban J connectivity index is 1.82. The Hall–Kier alpha value is -1.21. The molecule has 0 aromatic carbocycles. The Kier molecular flexibility index (Phi) is 5.31. The number of hydrogen-bond acceptors (Lipinski definition) is 5. The molecule has 0 aliphatic carbocycles. The Morgan fingerprint density at radius 2 is 2.35 bits per heavy atom. The van der Waals surface area contributed by atoms with Crippen LogP contribution in [0.1, 0.15) is 36.7 Å². The van der Waals surface area contributed by atoms with Gasteiger partial charge in [0.1, 0.15) is 10.0 Å². The molecule has 1 aromatic heterocycles. The first-order valence-corrected chi connectivity index (χ1v) is 7.86. The summed E-state index contributed by atoms with van der Waals surface area (Å²) in [4.78, 5) is 6.51. The van der Waals surface area contributed by atoms with Crippen molar-refractivity contribution in [3.63, 3.8) is 0 Å². The van der Waals surface area contributed by atoms with Gasteiger partial charge in [0.2, 0.25) is 0 Å². The number of ether oxygens (including phenoxy) is 1. The van der Waals surface area contributed by atoms with Gasteiger partial charge in [-0.2, -0.15) is 0 Å². The predicted molar refractivity (Wildman–Crippen MR) is 81.2 cm³/mol. The van der Waals surface area contributed by atoms with E-state index in [1.54, 1.807) is 11.3 Å². The van der Waals surface area contributed by atoms with E-state index in [0.717, 1.165) is 29.5 Å². The van der Waals surface area contributed by atoms with Crippen LogP contribution in [0, 0.1) is 0 Å². The second-order valence-corrected chi connectivity index (χ2v) is 6.40. The van der Waals surface area contributed by atoms with Crippen LogP contribution < -0.4 is 5.73 Å². The normalized spacial score (nSPS) is 20.7. The standard InChI is InChI=1S/C13H23N5OS/c1-9(2)12-17-16-11(20-12)4-5-15-13(14)18-6-7-19-10(3)8-18/h9-10H,4-8H2,1-3H3,(H2,14,15). The molecule has 2 heterocycles. The average molecular weight is 297 g/mol. The minimum Gasteiger partial charge on any atom is -0.375 e. The van der Waals surface area contributed by atoms with E-state index in [2.05, 4.69) is 33.9 Å². The van der Waals surface area contributed by atoms with Gasteiger partial charge in [0.05, 0.1) is 12.7 Å². The molecule has 1 aromatic rings. The van der Waals surface area contributed by atoms with Crippen molar-refractivity contribution in [2.24, 2.45) is 10.7 Å². The van der Waals surface area contributed by atoms with E-state index >= 15 is 0 Å². The number of nitrogens with zero attached hydrogens (tertiary/aromatic N) is 4. The minimum atomic E-state index is 0.217. The van der Waals surface area contributed by atoms with Gasteiger partial charge in [-0.15, -0.1) is 21.5 Å². The van der Waals surface area contributed by atoms with Gasteiger partial charge < -0.3 is 15.4 Å².